The van der Waals surface area contributed by atoms with Crippen LogP contribution in [0, 0.1) is 0 Å². The molecule has 0 aromatic carbocycles. The van der Waals surface area contributed by atoms with Crippen LogP contribution in [-0.2, 0) is 28.6 Å². The first kappa shape index (κ1) is 56.4. The molecular weight excluding hydrogens is 733 g/mol. The zero-order chi connectivity index (χ0) is 43.0. The van der Waals surface area contributed by atoms with Gasteiger partial charge in [0.2, 0.25) is 0 Å². The Balaban J connectivity index is 4.39. The van der Waals surface area contributed by atoms with E-state index in [0.29, 0.717) is 19.3 Å². The first-order chi connectivity index (χ1) is 29.0. The average Bonchev–Trinajstić information content (AvgIpc) is 3.23. The fourth-order valence-electron chi connectivity index (χ4n) is 6.90. The molecule has 0 aromatic heterocycles. The third kappa shape index (κ3) is 46.3. The normalized spacial score (nSPS) is 12.4. The van der Waals surface area contributed by atoms with Crippen molar-refractivity contribution in [3.8, 4) is 0 Å². The van der Waals surface area contributed by atoms with Crippen LogP contribution in [0.1, 0.15) is 252 Å². The van der Waals surface area contributed by atoms with Crippen molar-refractivity contribution in [2.45, 2.75) is 258 Å². The number of rotatable bonds is 45. The molecule has 1 atom stereocenters. The SMILES string of the molecule is CCCC/C=C\C/C=C\CCCCCCCC(=O)O[C@H](COC(=O)CCCCCCC/C=C\CCCC)COC(=O)CCCCCCC/C=C\CCCCCCCCC. The van der Waals surface area contributed by atoms with E-state index in [9.17, 15) is 14.4 Å². The lowest BCUT2D eigenvalue weighted by Crippen LogP contribution is -2.30. The molecule has 0 spiro atoms. The van der Waals surface area contributed by atoms with Gasteiger partial charge in [0.15, 0.2) is 6.10 Å². The van der Waals surface area contributed by atoms with Crippen molar-refractivity contribution in [2.24, 2.45) is 0 Å². The Morgan fingerprint density at radius 2 is 0.627 bits per heavy atom. The van der Waals surface area contributed by atoms with Gasteiger partial charge in [0.05, 0.1) is 0 Å². The number of unbranched alkanes of at least 4 members (excludes halogenated alkanes) is 26. The lowest BCUT2D eigenvalue weighted by Gasteiger charge is -2.18. The molecule has 0 fully saturated rings. The molecule has 0 aliphatic rings. The lowest BCUT2D eigenvalue weighted by molar-refractivity contribution is -0.167. The molecule has 0 aliphatic heterocycles. The molecule has 6 heteroatoms. The summed E-state index contributed by atoms with van der Waals surface area (Å²) in [5.74, 6) is -0.913. The molecule has 0 heterocycles. The van der Waals surface area contributed by atoms with Gasteiger partial charge in [0.25, 0.3) is 0 Å². The summed E-state index contributed by atoms with van der Waals surface area (Å²) in [6, 6.07) is 0. The number of carbonyl (C=O) groups is 3. The maximum Gasteiger partial charge on any atom is 0.306 e. The number of hydrogen-bond acceptors (Lipinski definition) is 6. The van der Waals surface area contributed by atoms with E-state index in [2.05, 4.69) is 69.4 Å². The molecule has 0 saturated carbocycles. The first-order valence-corrected chi connectivity index (χ1v) is 25.1. The van der Waals surface area contributed by atoms with E-state index in [4.69, 9.17) is 14.2 Å². The van der Waals surface area contributed by atoms with Gasteiger partial charge in [-0.2, -0.15) is 0 Å². The van der Waals surface area contributed by atoms with Gasteiger partial charge >= 0.3 is 17.9 Å². The van der Waals surface area contributed by atoms with Crippen LogP contribution in [0.4, 0.5) is 0 Å². The Labute approximate surface area is 365 Å². The minimum Gasteiger partial charge on any atom is -0.462 e. The van der Waals surface area contributed by atoms with Crippen LogP contribution in [0.5, 0.6) is 0 Å². The minimum atomic E-state index is -0.784. The Morgan fingerprint density at radius 1 is 0.339 bits per heavy atom. The topological polar surface area (TPSA) is 78.9 Å². The molecule has 6 nitrogen and oxygen atoms in total. The maximum absolute atomic E-state index is 12.8. The summed E-state index contributed by atoms with van der Waals surface area (Å²) in [5, 5.41) is 0. The smallest absolute Gasteiger partial charge is 0.306 e. The van der Waals surface area contributed by atoms with Gasteiger partial charge in [-0.1, -0.05) is 191 Å². The standard InChI is InChI=1S/C53H94O6/c1-4-7-10-13-16-19-22-24-26-27-29-31-34-37-40-43-46-52(55)58-49-50(48-57-51(54)45-42-39-36-33-30-21-18-15-12-9-6-3)59-53(56)47-44-41-38-35-32-28-25-23-20-17-14-11-8-5-2/h14-15,17-18,23,25-27,50H,4-13,16,19-22,24,28-49H2,1-3H3/b17-14-,18-15-,25-23-,27-26-/t50-/m1/s1. The molecule has 0 radical (unpaired) electrons. The summed E-state index contributed by atoms with van der Waals surface area (Å²) in [5.41, 5.74) is 0. The van der Waals surface area contributed by atoms with Gasteiger partial charge in [-0.05, 0) is 89.9 Å². The van der Waals surface area contributed by atoms with Gasteiger partial charge < -0.3 is 14.2 Å². The second kappa shape index (κ2) is 48.0. The lowest BCUT2D eigenvalue weighted by atomic mass is 10.1. The van der Waals surface area contributed by atoms with Crippen molar-refractivity contribution in [1.29, 1.82) is 0 Å². The van der Waals surface area contributed by atoms with Crippen molar-refractivity contribution in [3.05, 3.63) is 48.6 Å². The Hall–Kier alpha value is -2.63. The summed E-state index contributed by atoms with van der Waals surface area (Å²) in [4.78, 5) is 37.9. The van der Waals surface area contributed by atoms with E-state index in [-0.39, 0.29) is 31.1 Å². The number of carbonyl (C=O) groups excluding carboxylic acids is 3. The second-order valence-corrected chi connectivity index (χ2v) is 16.7. The van der Waals surface area contributed by atoms with Crippen molar-refractivity contribution >= 4 is 17.9 Å². The highest BCUT2D eigenvalue weighted by molar-refractivity contribution is 5.71. The summed E-state index contributed by atoms with van der Waals surface area (Å²) >= 11 is 0. The van der Waals surface area contributed by atoms with Crippen molar-refractivity contribution in [1.82, 2.24) is 0 Å². The number of allylic oxidation sites excluding steroid dienone is 8. The highest BCUT2D eigenvalue weighted by Crippen LogP contribution is 2.14. The molecule has 0 aliphatic carbocycles. The van der Waals surface area contributed by atoms with Gasteiger partial charge in [-0.15, -0.1) is 0 Å². The van der Waals surface area contributed by atoms with E-state index >= 15 is 0 Å². The summed E-state index contributed by atoms with van der Waals surface area (Å²) in [7, 11) is 0. The zero-order valence-electron chi connectivity index (χ0n) is 39.0. The molecule has 59 heavy (non-hydrogen) atoms. The summed E-state index contributed by atoms with van der Waals surface area (Å²) < 4.78 is 16.7. The Kier molecular flexibility index (Phi) is 45.9. The fraction of sp³-hybridized carbons (Fsp3) is 0.792. The van der Waals surface area contributed by atoms with Crippen LogP contribution >= 0.6 is 0 Å². The van der Waals surface area contributed by atoms with Gasteiger partial charge in [0.1, 0.15) is 13.2 Å². The van der Waals surface area contributed by atoms with Gasteiger partial charge in [0, 0.05) is 19.3 Å². The van der Waals surface area contributed by atoms with Crippen LogP contribution in [0.2, 0.25) is 0 Å². The quantitative estimate of drug-likeness (QED) is 0.0263. The fourth-order valence-corrected chi connectivity index (χ4v) is 6.90. The van der Waals surface area contributed by atoms with E-state index in [1.807, 2.05) is 0 Å². The van der Waals surface area contributed by atoms with Crippen LogP contribution in [0.3, 0.4) is 0 Å². The molecule has 0 rings (SSSR count). The van der Waals surface area contributed by atoms with E-state index < -0.39 is 6.10 Å². The van der Waals surface area contributed by atoms with Crippen molar-refractivity contribution in [2.75, 3.05) is 13.2 Å². The largest absolute Gasteiger partial charge is 0.462 e. The molecule has 342 valence electrons. The van der Waals surface area contributed by atoms with Crippen LogP contribution < -0.4 is 0 Å². The first-order valence-electron chi connectivity index (χ1n) is 25.1. The highest BCUT2D eigenvalue weighted by atomic mass is 16.6. The number of hydrogen-bond donors (Lipinski definition) is 0. The third-order valence-electron chi connectivity index (χ3n) is 10.8. The van der Waals surface area contributed by atoms with Crippen molar-refractivity contribution < 1.29 is 28.6 Å². The zero-order valence-corrected chi connectivity index (χ0v) is 39.0. The summed E-state index contributed by atoms with van der Waals surface area (Å²) in [6.45, 7) is 6.53. The molecule has 0 saturated heterocycles. The van der Waals surface area contributed by atoms with Crippen LogP contribution in [0.25, 0.3) is 0 Å². The van der Waals surface area contributed by atoms with E-state index in [1.165, 1.54) is 116 Å². The average molecular weight is 827 g/mol. The second-order valence-electron chi connectivity index (χ2n) is 16.7. The predicted octanol–water partition coefficient (Wildman–Crippen LogP) is 16.3. The number of ether oxygens (including phenoxy) is 3. The molecule has 0 unspecified atom stereocenters. The van der Waals surface area contributed by atoms with Gasteiger partial charge in [-0.25, -0.2) is 0 Å². The molecule has 0 bridgehead atoms. The monoisotopic (exact) mass is 827 g/mol. The van der Waals surface area contributed by atoms with E-state index in [1.54, 1.807) is 0 Å². The molecule has 0 aromatic rings. The third-order valence-corrected chi connectivity index (χ3v) is 10.8. The minimum absolute atomic E-state index is 0.0853. The summed E-state index contributed by atoms with van der Waals surface area (Å²) in [6.07, 6.45) is 56.6. The molecule has 0 N–H and O–H groups in total. The number of esters is 3. The Bertz CT molecular complexity index is 1040. The van der Waals surface area contributed by atoms with Crippen molar-refractivity contribution in [3.63, 3.8) is 0 Å². The Morgan fingerprint density at radius 3 is 1.00 bits per heavy atom. The van der Waals surface area contributed by atoms with Crippen LogP contribution in [-0.4, -0.2) is 37.2 Å². The van der Waals surface area contributed by atoms with E-state index in [0.717, 1.165) is 96.3 Å². The predicted molar refractivity (Wildman–Crippen MR) is 252 cm³/mol. The van der Waals surface area contributed by atoms with Crippen LogP contribution in [0.15, 0.2) is 48.6 Å². The molecular formula is C53H94O6. The maximum atomic E-state index is 12.8. The highest BCUT2D eigenvalue weighted by Gasteiger charge is 2.19. The molecule has 0 amide bonds. The van der Waals surface area contributed by atoms with Gasteiger partial charge in [-0.3, -0.25) is 14.4 Å².